The zero-order valence-corrected chi connectivity index (χ0v) is 27.4. The Morgan fingerprint density at radius 3 is 2.33 bits per heavy atom. The van der Waals surface area contributed by atoms with E-state index in [1.165, 1.54) is 37.4 Å². The third kappa shape index (κ3) is 9.10. The number of nitrogens with one attached hydrogen (secondary N) is 1. The Kier molecular flexibility index (Phi) is 11.1. The third-order valence-corrected chi connectivity index (χ3v) is 9.05. The first-order valence-electron chi connectivity index (χ1n) is 16.9. The molecule has 1 atom stereocenters. The number of pyridine rings is 2. The lowest BCUT2D eigenvalue weighted by Gasteiger charge is -2.35. The monoisotopic (exact) mass is 649 g/mol. The molecule has 4 aromatic rings. The van der Waals surface area contributed by atoms with Gasteiger partial charge in [-0.05, 0) is 98.7 Å². The van der Waals surface area contributed by atoms with Gasteiger partial charge in [-0.3, -0.25) is 9.69 Å². The van der Waals surface area contributed by atoms with Crippen LogP contribution in [0.5, 0.6) is 23.3 Å². The molecule has 48 heavy (non-hydrogen) atoms. The van der Waals surface area contributed by atoms with Gasteiger partial charge in [0, 0.05) is 49.6 Å². The first kappa shape index (κ1) is 33.0. The van der Waals surface area contributed by atoms with E-state index in [0.29, 0.717) is 54.5 Å². The molecule has 10 heteroatoms. The van der Waals surface area contributed by atoms with Crippen LogP contribution in [0.25, 0.3) is 0 Å². The summed E-state index contributed by atoms with van der Waals surface area (Å²) in [5.41, 5.74) is 2.32. The average molecular weight is 650 g/mol. The standard InChI is InChI=1S/C38H43N5O5/c1-2-32-7-4-6-22-43(32)26-28-9-11-30(12-10-28)37(44)41-31-13-18-36(40-25-31)48-38(45)42-23-19-29(20-24-42)27-46-33-14-16-34(17-15-33)47-35-8-3-5-21-39-35/h3,5,8-18,21,25,29,32H,2,4,6-7,19-20,22-24,26-27H2,1H3,(H,41,44). The molecule has 6 rings (SSSR count). The maximum absolute atomic E-state index is 12.9. The molecule has 0 spiro atoms. The molecule has 0 radical (unpaired) electrons. The number of nitrogens with zero attached hydrogens (tertiary/aromatic N) is 4. The van der Waals surface area contributed by atoms with Crippen LogP contribution in [0.2, 0.25) is 0 Å². The lowest BCUT2D eigenvalue weighted by molar-refractivity contribution is 0.102. The zero-order valence-electron chi connectivity index (χ0n) is 27.4. The molecule has 0 aliphatic carbocycles. The third-order valence-electron chi connectivity index (χ3n) is 9.05. The zero-order chi connectivity index (χ0) is 33.1. The second kappa shape index (κ2) is 16.2. The first-order valence-corrected chi connectivity index (χ1v) is 16.9. The fourth-order valence-corrected chi connectivity index (χ4v) is 6.23. The van der Waals surface area contributed by atoms with E-state index in [4.69, 9.17) is 14.2 Å². The van der Waals surface area contributed by atoms with Crippen molar-refractivity contribution in [3.63, 3.8) is 0 Å². The quantitative estimate of drug-likeness (QED) is 0.177. The second-order valence-corrected chi connectivity index (χ2v) is 12.4. The van der Waals surface area contributed by atoms with Crippen molar-refractivity contribution in [3.8, 4) is 23.3 Å². The molecule has 2 aliphatic rings. The van der Waals surface area contributed by atoms with Crippen molar-refractivity contribution in [2.24, 2.45) is 5.92 Å². The molecular formula is C38H43N5O5. The summed E-state index contributed by atoms with van der Waals surface area (Å²) in [7, 11) is 0. The SMILES string of the molecule is CCC1CCCCN1Cc1ccc(C(=O)Nc2ccc(OC(=O)N3CCC(COc4ccc(Oc5ccccn5)cc4)CC3)nc2)cc1. The highest BCUT2D eigenvalue weighted by molar-refractivity contribution is 6.04. The van der Waals surface area contributed by atoms with E-state index >= 15 is 0 Å². The maximum Gasteiger partial charge on any atom is 0.416 e. The number of carbonyl (C=O) groups excluding carboxylic acids is 2. The summed E-state index contributed by atoms with van der Waals surface area (Å²) >= 11 is 0. The van der Waals surface area contributed by atoms with E-state index in [1.54, 1.807) is 29.3 Å². The Hall–Kier alpha value is -4.96. The summed E-state index contributed by atoms with van der Waals surface area (Å²) in [5, 5.41) is 2.88. The molecule has 0 saturated carbocycles. The molecule has 2 aromatic carbocycles. The van der Waals surface area contributed by atoms with Crippen LogP contribution in [0.3, 0.4) is 0 Å². The Morgan fingerprint density at radius 1 is 0.833 bits per heavy atom. The fourth-order valence-electron chi connectivity index (χ4n) is 6.23. The van der Waals surface area contributed by atoms with Crippen LogP contribution in [0.1, 0.15) is 61.4 Å². The number of aromatic nitrogens is 2. The number of ether oxygens (including phenoxy) is 3. The lowest BCUT2D eigenvalue weighted by atomic mass is 9.98. The summed E-state index contributed by atoms with van der Waals surface area (Å²) in [6.07, 6.45) is 9.37. The largest absolute Gasteiger partial charge is 0.493 e. The van der Waals surface area contributed by atoms with E-state index in [1.807, 2.05) is 60.7 Å². The van der Waals surface area contributed by atoms with Crippen LogP contribution >= 0.6 is 0 Å². The molecule has 4 heterocycles. The number of amides is 2. The molecule has 1 N–H and O–H groups in total. The van der Waals surface area contributed by atoms with Crippen LogP contribution in [0, 0.1) is 5.92 Å². The van der Waals surface area contributed by atoms with Gasteiger partial charge in [-0.25, -0.2) is 14.8 Å². The number of rotatable bonds is 11. The van der Waals surface area contributed by atoms with Crippen LogP contribution in [-0.2, 0) is 6.54 Å². The number of anilines is 1. The normalized spacial score (nSPS) is 17.0. The van der Waals surface area contributed by atoms with E-state index in [-0.39, 0.29) is 11.8 Å². The summed E-state index contributed by atoms with van der Waals surface area (Å²) in [5.74, 6) is 2.30. The van der Waals surface area contributed by atoms with Gasteiger partial charge in [-0.15, -0.1) is 0 Å². The van der Waals surface area contributed by atoms with Gasteiger partial charge >= 0.3 is 6.09 Å². The number of benzene rings is 2. The molecule has 250 valence electrons. The predicted octanol–water partition coefficient (Wildman–Crippen LogP) is 7.58. The van der Waals surface area contributed by atoms with Crippen molar-refractivity contribution >= 4 is 17.7 Å². The first-order chi connectivity index (χ1) is 23.5. The lowest BCUT2D eigenvalue weighted by Crippen LogP contribution is -2.41. The van der Waals surface area contributed by atoms with Gasteiger partial charge in [0.25, 0.3) is 5.91 Å². The predicted molar refractivity (Wildman–Crippen MR) is 184 cm³/mol. The summed E-state index contributed by atoms with van der Waals surface area (Å²) < 4.78 is 17.3. The molecule has 2 amide bonds. The molecule has 2 fully saturated rings. The van der Waals surface area contributed by atoms with E-state index < -0.39 is 6.09 Å². The minimum Gasteiger partial charge on any atom is -0.493 e. The Morgan fingerprint density at radius 2 is 1.62 bits per heavy atom. The average Bonchev–Trinajstić information content (AvgIpc) is 3.13. The molecule has 10 nitrogen and oxygen atoms in total. The topological polar surface area (TPSA) is 106 Å². The van der Waals surface area contributed by atoms with Crippen molar-refractivity contribution in [2.75, 3.05) is 31.6 Å². The van der Waals surface area contributed by atoms with Gasteiger partial charge in [-0.1, -0.05) is 31.5 Å². The summed E-state index contributed by atoms with van der Waals surface area (Å²) in [6.45, 7) is 6.03. The summed E-state index contributed by atoms with van der Waals surface area (Å²) in [6, 6.07) is 24.7. The van der Waals surface area contributed by atoms with Crippen LogP contribution in [0.15, 0.2) is 91.3 Å². The van der Waals surface area contributed by atoms with Crippen LogP contribution in [-0.4, -0.2) is 64.1 Å². The molecule has 0 bridgehead atoms. The van der Waals surface area contributed by atoms with Gasteiger partial charge in [0.2, 0.25) is 11.8 Å². The van der Waals surface area contributed by atoms with Crippen molar-refractivity contribution in [3.05, 3.63) is 102 Å². The summed E-state index contributed by atoms with van der Waals surface area (Å²) in [4.78, 5) is 38.3. The molecule has 1 unspecified atom stereocenters. The van der Waals surface area contributed by atoms with Gasteiger partial charge in [-0.2, -0.15) is 0 Å². The minimum absolute atomic E-state index is 0.186. The van der Waals surface area contributed by atoms with Crippen LogP contribution < -0.4 is 19.5 Å². The Bertz CT molecular complexity index is 1610. The van der Waals surface area contributed by atoms with Crippen LogP contribution in [0.4, 0.5) is 10.5 Å². The number of hydrogen-bond acceptors (Lipinski definition) is 8. The van der Waals surface area contributed by atoms with Gasteiger partial charge in [0.05, 0.1) is 18.5 Å². The van der Waals surface area contributed by atoms with Crippen molar-refractivity contribution in [2.45, 2.75) is 58.0 Å². The fraction of sp³-hybridized carbons (Fsp3) is 0.368. The minimum atomic E-state index is -0.433. The van der Waals surface area contributed by atoms with E-state index in [0.717, 1.165) is 31.7 Å². The van der Waals surface area contributed by atoms with Gasteiger partial charge < -0.3 is 24.4 Å². The Balaban J connectivity index is 0.901. The van der Waals surface area contributed by atoms with Crippen molar-refractivity contribution in [1.82, 2.24) is 19.8 Å². The number of likely N-dealkylation sites (tertiary alicyclic amines) is 2. The number of piperidine rings is 2. The molecule has 2 aromatic heterocycles. The molecule has 2 aliphatic heterocycles. The molecule has 2 saturated heterocycles. The molecular weight excluding hydrogens is 606 g/mol. The van der Waals surface area contributed by atoms with Crippen molar-refractivity contribution < 1.29 is 23.8 Å². The number of carbonyl (C=O) groups is 2. The highest BCUT2D eigenvalue weighted by Crippen LogP contribution is 2.25. The Labute approximate surface area is 282 Å². The van der Waals surface area contributed by atoms with Gasteiger partial charge in [0.1, 0.15) is 11.5 Å². The maximum atomic E-state index is 12.9. The van der Waals surface area contributed by atoms with Gasteiger partial charge in [0.15, 0.2) is 0 Å². The highest BCUT2D eigenvalue weighted by Gasteiger charge is 2.25. The van der Waals surface area contributed by atoms with E-state index in [9.17, 15) is 9.59 Å². The van der Waals surface area contributed by atoms with E-state index in [2.05, 4.69) is 27.1 Å². The second-order valence-electron chi connectivity index (χ2n) is 12.4. The highest BCUT2D eigenvalue weighted by atomic mass is 16.6. The smallest absolute Gasteiger partial charge is 0.416 e. The van der Waals surface area contributed by atoms with Crippen molar-refractivity contribution in [1.29, 1.82) is 0 Å². The number of hydrogen-bond donors (Lipinski definition) is 1.